The Hall–Kier alpha value is -2.81. The van der Waals surface area contributed by atoms with Crippen molar-refractivity contribution in [3.05, 3.63) is 47.2 Å². The minimum absolute atomic E-state index is 0.184. The SMILES string of the molecule is COCCc1noc([C@H]2CCCCN2C(=O)c2nc3cc(C)ccn3c2F)n1. The zero-order valence-electron chi connectivity index (χ0n) is 15.9. The quantitative estimate of drug-likeness (QED) is 0.669. The first kappa shape index (κ1) is 18.5. The number of likely N-dealkylation sites (tertiary alicyclic amines) is 1. The molecule has 0 unspecified atom stereocenters. The third-order valence-electron chi connectivity index (χ3n) is 4.99. The number of nitrogens with zero attached hydrogens (tertiary/aromatic N) is 5. The van der Waals surface area contributed by atoms with Crippen molar-refractivity contribution in [1.82, 2.24) is 24.4 Å². The number of hydrogen-bond acceptors (Lipinski definition) is 6. The molecule has 3 aromatic heterocycles. The Morgan fingerprint density at radius 2 is 2.25 bits per heavy atom. The summed E-state index contributed by atoms with van der Waals surface area (Å²) in [6.07, 6.45) is 4.56. The Kier molecular flexibility index (Phi) is 5.08. The van der Waals surface area contributed by atoms with Crippen LogP contribution in [0.2, 0.25) is 0 Å². The van der Waals surface area contributed by atoms with Gasteiger partial charge in [0.1, 0.15) is 11.7 Å². The summed E-state index contributed by atoms with van der Waals surface area (Å²) < 4.78 is 26.5. The molecule has 4 rings (SSSR count). The van der Waals surface area contributed by atoms with Crippen molar-refractivity contribution in [2.75, 3.05) is 20.3 Å². The van der Waals surface area contributed by atoms with Gasteiger partial charge in [-0.2, -0.15) is 9.37 Å². The molecule has 0 aromatic carbocycles. The average Bonchev–Trinajstić information content (AvgIpc) is 3.30. The van der Waals surface area contributed by atoms with Gasteiger partial charge in [-0.3, -0.25) is 9.20 Å². The molecule has 0 radical (unpaired) electrons. The van der Waals surface area contributed by atoms with Crippen LogP contribution in [0.1, 0.15) is 53.1 Å². The monoisotopic (exact) mass is 387 g/mol. The van der Waals surface area contributed by atoms with Crippen LogP contribution < -0.4 is 0 Å². The molecule has 0 bridgehead atoms. The van der Waals surface area contributed by atoms with Gasteiger partial charge in [0, 0.05) is 26.3 Å². The first-order chi connectivity index (χ1) is 13.6. The first-order valence-electron chi connectivity index (χ1n) is 9.35. The maximum atomic E-state index is 14.8. The van der Waals surface area contributed by atoms with E-state index in [-0.39, 0.29) is 11.7 Å². The standard InChI is InChI=1S/C19H22FN5O3/c1-12-6-9-25-15(11-12)22-16(17(25)20)19(26)24-8-4-3-5-13(24)18-21-14(23-28-18)7-10-27-2/h6,9,11,13H,3-5,7-8,10H2,1-2H3/t13-/m1/s1. The number of imidazole rings is 1. The second-order valence-electron chi connectivity index (χ2n) is 6.99. The van der Waals surface area contributed by atoms with Crippen molar-refractivity contribution in [2.24, 2.45) is 0 Å². The molecule has 3 aromatic rings. The summed E-state index contributed by atoms with van der Waals surface area (Å²) >= 11 is 0. The van der Waals surface area contributed by atoms with E-state index < -0.39 is 11.9 Å². The molecular weight excluding hydrogens is 365 g/mol. The summed E-state index contributed by atoms with van der Waals surface area (Å²) in [6.45, 7) is 2.87. The van der Waals surface area contributed by atoms with Gasteiger partial charge in [0.25, 0.3) is 5.91 Å². The van der Waals surface area contributed by atoms with Crippen LogP contribution in [-0.2, 0) is 11.2 Å². The number of carbonyl (C=O) groups is 1. The fraction of sp³-hybridized carbons (Fsp3) is 0.474. The third kappa shape index (κ3) is 3.37. The summed E-state index contributed by atoms with van der Waals surface area (Å²) in [5, 5.41) is 3.96. The summed E-state index contributed by atoms with van der Waals surface area (Å²) in [5.74, 6) is -0.209. The largest absolute Gasteiger partial charge is 0.384 e. The molecule has 0 saturated carbocycles. The number of carbonyl (C=O) groups excluding carboxylic acids is 1. The number of hydrogen-bond donors (Lipinski definition) is 0. The lowest BCUT2D eigenvalue weighted by Gasteiger charge is -2.32. The summed E-state index contributed by atoms with van der Waals surface area (Å²) in [6, 6.07) is 3.14. The van der Waals surface area contributed by atoms with E-state index in [1.54, 1.807) is 30.3 Å². The number of aromatic nitrogens is 4. The predicted molar refractivity (Wildman–Crippen MR) is 97.4 cm³/mol. The van der Waals surface area contributed by atoms with E-state index in [9.17, 15) is 9.18 Å². The number of methoxy groups -OCH3 is 1. The molecule has 4 heterocycles. The lowest BCUT2D eigenvalue weighted by molar-refractivity contribution is 0.0550. The van der Waals surface area contributed by atoms with Gasteiger partial charge in [0.05, 0.1) is 6.61 Å². The molecule has 1 aliphatic heterocycles. The number of aryl methyl sites for hydroxylation is 1. The fourth-order valence-electron chi connectivity index (χ4n) is 3.52. The highest BCUT2D eigenvalue weighted by Crippen LogP contribution is 2.31. The van der Waals surface area contributed by atoms with E-state index in [2.05, 4.69) is 15.1 Å². The number of rotatable bonds is 5. The molecule has 1 aliphatic rings. The second kappa shape index (κ2) is 7.67. The van der Waals surface area contributed by atoms with E-state index in [0.717, 1.165) is 18.4 Å². The highest BCUT2D eigenvalue weighted by Gasteiger charge is 2.35. The molecule has 8 nitrogen and oxygen atoms in total. The summed E-state index contributed by atoms with van der Waals surface area (Å²) in [7, 11) is 1.60. The van der Waals surface area contributed by atoms with Crippen LogP contribution >= 0.6 is 0 Å². The van der Waals surface area contributed by atoms with Gasteiger partial charge in [0.2, 0.25) is 11.8 Å². The molecule has 1 atom stereocenters. The minimum Gasteiger partial charge on any atom is -0.384 e. The third-order valence-corrected chi connectivity index (χ3v) is 4.99. The summed E-state index contributed by atoms with van der Waals surface area (Å²) in [5.41, 5.74) is 1.17. The van der Waals surface area contributed by atoms with Gasteiger partial charge in [-0.1, -0.05) is 5.16 Å². The van der Waals surface area contributed by atoms with Crippen LogP contribution in [-0.4, -0.2) is 50.6 Å². The second-order valence-corrected chi connectivity index (χ2v) is 6.99. The number of pyridine rings is 1. The molecule has 0 spiro atoms. The molecule has 1 fully saturated rings. The van der Waals surface area contributed by atoms with Crippen LogP contribution in [0.25, 0.3) is 5.65 Å². The highest BCUT2D eigenvalue weighted by molar-refractivity contribution is 5.93. The van der Waals surface area contributed by atoms with Crippen LogP contribution in [0.5, 0.6) is 0 Å². The average molecular weight is 387 g/mol. The van der Waals surface area contributed by atoms with Crippen LogP contribution in [0, 0.1) is 12.9 Å². The van der Waals surface area contributed by atoms with Gasteiger partial charge in [-0.05, 0) is 43.9 Å². The summed E-state index contributed by atoms with van der Waals surface area (Å²) in [4.78, 5) is 23.4. The maximum Gasteiger partial charge on any atom is 0.277 e. The van der Waals surface area contributed by atoms with Crippen molar-refractivity contribution in [2.45, 2.75) is 38.6 Å². The van der Waals surface area contributed by atoms with Gasteiger partial charge in [0.15, 0.2) is 11.5 Å². The van der Waals surface area contributed by atoms with Gasteiger partial charge in [-0.15, -0.1) is 0 Å². The molecule has 148 valence electrons. The van der Waals surface area contributed by atoms with E-state index in [4.69, 9.17) is 9.26 Å². The number of fused-ring (bicyclic) bond motifs is 1. The normalized spacial score (nSPS) is 17.4. The first-order valence-corrected chi connectivity index (χ1v) is 9.35. The topological polar surface area (TPSA) is 85.8 Å². The van der Waals surface area contributed by atoms with Crippen molar-refractivity contribution in [1.29, 1.82) is 0 Å². The van der Waals surface area contributed by atoms with Gasteiger partial charge >= 0.3 is 0 Å². The Morgan fingerprint density at radius 1 is 1.39 bits per heavy atom. The van der Waals surface area contributed by atoms with Crippen LogP contribution in [0.4, 0.5) is 4.39 Å². The number of amides is 1. The highest BCUT2D eigenvalue weighted by atomic mass is 19.1. The van der Waals surface area contributed by atoms with Crippen molar-refractivity contribution < 1.29 is 18.4 Å². The Bertz CT molecular complexity index is 999. The maximum absolute atomic E-state index is 14.8. The Morgan fingerprint density at radius 3 is 3.07 bits per heavy atom. The van der Waals surface area contributed by atoms with Crippen molar-refractivity contribution in [3.8, 4) is 0 Å². The number of piperidine rings is 1. The van der Waals surface area contributed by atoms with Crippen molar-refractivity contribution in [3.63, 3.8) is 0 Å². The van der Waals surface area contributed by atoms with Gasteiger partial charge < -0.3 is 14.2 Å². The van der Waals surface area contributed by atoms with Gasteiger partial charge in [-0.25, -0.2) is 4.98 Å². The Labute approximate surface area is 161 Å². The predicted octanol–water partition coefficient (Wildman–Crippen LogP) is 2.72. The molecule has 0 aliphatic carbocycles. The van der Waals surface area contributed by atoms with E-state index in [0.29, 0.717) is 43.4 Å². The fourth-order valence-corrected chi connectivity index (χ4v) is 3.52. The van der Waals surface area contributed by atoms with E-state index in [1.165, 1.54) is 4.40 Å². The lowest BCUT2D eigenvalue weighted by Crippen LogP contribution is -2.39. The lowest BCUT2D eigenvalue weighted by atomic mass is 10.0. The Balaban J connectivity index is 1.63. The number of halogens is 1. The van der Waals surface area contributed by atoms with Crippen LogP contribution in [0.3, 0.4) is 0 Å². The molecule has 1 amide bonds. The van der Waals surface area contributed by atoms with Crippen molar-refractivity contribution >= 4 is 11.6 Å². The van der Waals surface area contributed by atoms with E-state index in [1.807, 2.05) is 6.92 Å². The smallest absolute Gasteiger partial charge is 0.277 e. The van der Waals surface area contributed by atoms with Crippen LogP contribution in [0.15, 0.2) is 22.9 Å². The van der Waals surface area contributed by atoms with E-state index >= 15 is 0 Å². The zero-order chi connectivity index (χ0) is 19.7. The molecule has 1 saturated heterocycles. The zero-order valence-corrected chi connectivity index (χ0v) is 15.9. The number of ether oxygens (including phenoxy) is 1. The molecule has 9 heteroatoms. The minimum atomic E-state index is -0.657. The molecule has 28 heavy (non-hydrogen) atoms. The molecular formula is C19H22FN5O3. The molecule has 0 N–H and O–H groups in total.